The van der Waals surface area contributed by atoms with Gasteiger partial charge in [-0.05, 0) is 18.2 Å². The lowest BCUT2D eigenvalue weighted by molar-refractivity contribution is 0.164. The second kappa shape index (κ2) is 4.40. The Labute approximate surface area is 112 Å². The highest BCUT2D eigenvalue weighted by molar-refractivity contribution is 9.10. The summed E-state index contributed by atoms with van der Waals surface area (Å²) in [5.74, 6) is 0.880. The fourth-order valence-electron chi connectivity index (χ4n) is 2.03. The van der Waals surface area contributed by atoms with Gasteiger partial charge in [0.05, 0.1) is 10.4 Å². The predicted molar refractivity (Wildman–Crippen MR) is 71.2 cm³/mol. The molecule has 1 aromatic heterocycles. The van der Waals surface area contributed by atoms with Crippen molar-refractivity contribution in [2.45, 2.75) is 18.6 Å². The number of fused-ring (bicyclic) bond motifs is 1. The van der Waals surface area contributed by atoms with Crippen molar-refractivity contribution in [3.8, 4) is 5.75 Å². The minimum absolute atomic E-state index is 0.0170. The van der Waals surface area contributed by atoms with Crippen LogP contribution in [0.5, 0.6) is 5.75 Å². The molecule has 5 heteroatoms. The number of ether oxygens (including phenoxy) is 1. The van der Waals surface area contributed by atoms with E-state index >= 15 is 0 Å². The molecule has 3 nitrogen and oxygen atoms in total. The molecule has 2 atom stereocenters. The van der Waals surface area contributed by atoms with Gasteiger partial charge in [0.25, 0.3) is 0 Å². The Morgan fingerprint density at radius 3 is 3.12 bits per heavy atom. The SMILES string of the molecule is N[C@H]1CC(c2cncs2)Oc2ccc(Br)cc21. The molecule has 2 N–H and O–H groups in total. The molecule has 1 unspecified atom stereocenters. The minimum Gasteiger partial charge on any atom is -0.484 e. The zero-order valence-electron chi connectivity index (χ0n) is 8.97. The highest BCUT2D eigenvalue weighted by Crippen LogP contribution is 2.41. The van der Waals surface area contributed by atoms with E-state index < -0.39 is 0 Å². The molecule has 1 aliphatic rings. The molecule has 0 aliphatic carbocycles. The monoisotopic (exact) mass is 310 g/mol. The van der Waals surface area contributed by atoms with E-state index in [1.54, 1.807) is 11.3 Å². The average Bonchev–Trinajstić information content (AvgIpc) is 2.83. The van der Waals surface area contributed by atoms with Crippen LogP contribution in [-0.4, -0.2) is 4.98 Å². The van der Waals surface area contributed by atoms with Crippen molar-refractivity contribution < 1.29 is 4.74 Å². The first-order valence-corrected chi connectivity index (χ1v) is 7.01. The molecule has 0 amide bonds. The third-order valence-corrected chi connectivity index (χ3v) is 4.24. The molecule has 17 heavy (non-hydrogen) atoms. The lowest BCUT2D eigenvalue weighted by atomic mass is 9.97. The standard InChI is InChI=1S/C12H11BrN2OS/c13-7-1-2-10-8(3-7)9(14)4-11(16-10)12-5-15-6-17-12/h1-3,5-6,9,11H,4,14H2/t9-,11?/m0/s1. The number of hydrogen-bond acceptors (Lipinski definition) is 4. The van der Waals surface area contributed by atoms with E-state index in [1.807, 2.05) is 29.9 Å². The minimum atomic E-state index is 0.0170. The van der Waals surface area contributed by atoms with Crippen LogP contribution in [0.2, 0.25) is 0 Å². The van der Waals surface area contributed by atoms with E-state index in [2.05, 4.69) is 20.9 Å². The largest absolute Gasteiger partial charge is 0.484 e. The Bertz CT molecular complexity index is 529. The summed E-state index contributed by atoms with van der Waals surface area (Å²) in [6, 6.07) is 5.99. The molecule has 2 heterocycles. The molecule has 0 saturated heterocycles. The summed E-state index contributed by atoms with van der Waals surface area (Å²) in [7, 11) is 0. The van der Waals surface area contributed by atoms with Gasteiger partial charge in [-0.1, -0.05) is 15.9 Å². The van der Waals surface area contributed by atoms with Gasteiger partial charge in [0.2, 0.25) is 0 Å². The summed E-state index contributed by atoms with van der Waals surface area (Å²) >= 11 is 5.06. The normalized spacial score (nSPS) is 22.9. The zero-order chi connectivity index (χ0) is 11.8. The molecular formula is C12H11BrN2OS. The lowest BCUT2D eigenvalue weighted by Gasteiger charge is -2.29. The van der Waals surface area contributed by atoms with Crippen molar-refractivity contribution >= 4 is 27.3 Å². The highest BCUT2D eigenvalue weighted by Gasteiger charge is 2.27. The molecule has 3 rings (SSSR count). The molecule has 0 saturated carbocycles. The maximum absolute atomic E-state index is 6.20. The Kier molecular flexibility index (Phi) is 2.90. The zero-order valence-corrected chi connectivity index (χ0v) is 11.4. The van der Waals surface area contributed by atoms with Crippen molar-refractivity contribution in [1.82, 2.24) is 4.98 Å². The molecule has 1 aromatic carbocycles. The summed E-state index contributed by atoms with van der Waals surface area (Å²) in [6.07, 6.45) is 2.68. The first kappa shape index (κ1) is 11.2. The van der Waals surface area contributed by atoms with Crippen molar-refractivity contribution in [3.63, 3.8) is 0 Å². The summed E-state index contributed by atoms with van der Waals surface area (Å²) < 4.78 is 7.01. The van der Waals surface area contributed by atoms with Crippen LogP contribution in [0.3, 0.4) is 0 Å². The number of rotatable bonds is 1. The van der Waals surface area contributed by atoms with Gasteiger partial charge >= 0.3 is 0 Å². The fourth-order valence-corrected chi connectivity index (χ4v) is 3.07. The number of nitrogens with zero attached hydrogens (tertiary/aromatic N) is 1. The smallest absolute Gasteiger partial charge is 0.136 e. The summed E-state index contributed by atoms with van der Waals surface area (Å²) in [5, 5.41) is 0. The molecule has 0 spiro atoms. The maximum Gasteiger partial charge on any atom is 0.136 e. The van der Waals surface area contributed by atoms with Crippen LogP contribution in [0.4, 0.5) is 0 Å². The van der Waals surface area contributed by atoms with Crippen LogP contribution >= 0.6 is 27.3 Å². The van der Waals surface area contributed by atoms with Gasteiger partial charge in [0.15, 0.2) is 0 Å². The van der Waals surface area contributed by atoms with Gasteiger partial charge < -0.3 is 10.5 Å². The van der Waals surface area contributed by atoms with Crippen LogP contribution in [0.15, 0.2) is 34.4 Å². The molecule has 0 fully saturated rings. The van der Waals surface area contributed by atoms with Gasteiger partial charge in [-0.3, -0.25) is 4.98 Å². The topological polar surface area (TPSA) is 48.1 Å². The molecule has 2 aromatic rings. The van der Waals surface area contributed by atoms with E-state index in [-0.39, 0.29) is 12.1 Å². The van der Waals surface area contributed by atoms with E-state index in [9.17, 15) is 0 Å². The summed E-state index contributed by atoms with van der Waals surface area (Å²) in [5.41, 5.74) is 9.09. The number of nitrogens with two attached hydrogens (primary N) is 1. The predicted octanol–water partition coefficient (Wildman–Crippen LogP) is 3.43. The van der Waals surface area contributed by atoms with Crippen LogP contribution in [0, 0.1) is 0 Å². The van der Waals surface area contributed by atoms with E-state index in [0.717, 1.165) is 27.1 Å². The van der Waals surface area contributed by atoms with Crippen LogP contribution in [0.1, 0.15) is 29.0 Å². The van der Waals surface area contributed by atoms with Gasteiger partial charge in [-0.25, -0.2) is 0 Å². The molecular weight excluding hydrogens is 300 g/mol. The fraction of sp³-hybridized carbons (Fsp3) is 0.250. The Morgan fingerprint density at radius 1 is 1.47 bits per heavy atom. The quantitative estimate of drug-likeness (QED) is 0.878. The van der Waals surface area contributed by atoms with Crippen LogP contribution < -0.4 is 10.5 Å². The van der Waals surface area contributed by atoms with E-state index in [4.69, 9.17) is 10.5 Å². The second-order valence-corrected chi connectivity index (χ2v) is 5.87. The maximum atomic E-state index is 6.20. The molecule has 1 aliphatic heterocycles. The summed E-state index contributed by atoms with van der Waals surface area (Å²) in [4.78, 5) is 5.22. The van der Waals surface area contributed by atoms with Crippen molar-refractivity contribution in [3.05, 3.63) is 44.8 Å². The highest BCUT2D eigenvalue weighted by atomic mass is 79.9. The summed E-state index contributed by atoms with van der Waals surface area (Å²) in [6.45, 7) is 0. The third kappa shape index (κ3) is 2.10. The van der Waals surface area contributed by atoms with E-state index in [0.29, 0.717) is 0 Å². The Hall–Kier alpha value is -0.910. The third-order valence-electron chi connectivity index (χ3n) is 2.88. The first-order chi connectivity index (χ1) is 8.24. The van der Waals surface area contributed by atoms with Gasteiger partial charge in [-0.15, -0.1) is 11.3 Å². The number of aromatic nitrogens is 1. The van der Waals surface area contributed by atoms with Crippen LogP contribution in [0.25, 0.3) is 0 Å². The van der Waals surface area contributed by atoms with E-state index in [1.165, 1.54) is 0 Å². The lowest BCUT2D eigenvalue weighted by Crippen LogP contribution is -2.23. The van der Waals surface area contributed by atoms with Gasteiger partial charge in [0, 0.05) is 28.7 Å². The molecule has 0 radical (unpaired) electrons. The Balaban J connectivity index is 1.96. The first-order valence-electron chi connectivity index (χ1n) is 5.34. The van der Waals surface area contributed by atoms with Crippen molar-refractivity contribution in [2.24, 2.45) is 5.73 Å². The Morgan fingerprint density at radius 2 is 2.35 bits per heavy atom. The number of thiazole rings is 1. The number of hydrogen-bond donors (Lipinski definition) is 1. The van der Waals surface area contributed by atoms with Crippen molar-refractivity contribution in [1.29, 1.82) is 0 Å². The second-order valence-electron chi connectivity index (χ2n) is 4.03. The average molecular weight is 311 g/mol. The van der Waals surface area contributed by atoms with Gasteiger partial charge in [0.1, 0.15) is 11.9 Å². The van der Waals surface area contributed by atoms with Crippen molar-refractivity contribution in [2.75, 3.05) is 0 Å². The van der Waals surface area contributed by atoms with Gasteiger partial charge in [-0.2, -0.15) is 0 Å². The molecule has 0 bridgehead atoms. The number of benzene rings is 1. The number of halogens is 1. The molecule has 88 valence electrons. The van der Waals surface area contributed by atoms with Crippen LogP contribution in [-0.2, 0) is 0 Å².